The van der Waals surface area contributed by atoms with Crippen molar-refractivity contribution in [3.8, 4) is 0 Å². The quantitative estimate of drug-likeness (QED) is 0.0374. The summed E-state index contributed by atoms with van der Waals surface area (Å²) < 4.78 is 10.6. The van der Waals surface area contributed by atoms with Crippen LogP contribution in [0.15, 0.2) is 60.8 Å². The van der Waals surface area contributed by atoms with Gasteiger partial charge in [0.1, 0.15) is 6.61 Å². The zero-order chi connectivity index (χ0) is 48.5. The summed E-state index contributed by atoms with van der Waals surface area (Å²) in [6, 6.07) is 0. The fourth-order valence-corrected chi connectivity index (χ4v) is 8.71. The highest BCUT2D eigenvalue weighted by atomic mass is 16.6. The van der Waals surface area contributed by atoms with Gasteiger partial charge in [-0.05, 0) is 51.4 Å². The van der Waals surface area contributed by atoms with E-state index in [0.717, 1.165) is 57.8 Å². The lowest BCUT2D eigenvalue weighted by molar-refractivity contribution is -0.161. The van der Waals surface area contributed by atoms with Gasteiger partial charge in [-0.15, -0.1) is 0 Å². The second-order valence-electron chi connectivity index (χ2n) is 19.7. The van der Waals surface area contributed by atoms with Crippen LogP contribution in [-0.4, -0.2) is 36.4 Å². The summed E-state index contributed by atoms with van der Waals surface area (Å²) in [5.41, 5.74) is 0. The van der Waals surface area contributed by atoms with Crippen LogP contribution in [0.25, 0.3) is 0 Å². The number of unbranched alkanes of at least 4 members (excludes halogenated alkanes) is 36. The molecule has 0 aliphatic carbocycles. The summed E-state index contributed by atoms with van der Waals surface area (Å²) in [5, 5.41) is 9.62. The maximum atomic E-state index is 12.2. The first kappa shape index (κ1) is 64.6. The molecule has 0 saturated heterocycles. The molecule has 0 fully saturated rings. The first-order valence-corrected chi connectivity index (χ1v) is 29.3. The molecule has 1 N–H and O–H groups in total. The Bertz CT molecular complexity index is 1150. The number of allylic oxidation sites excluding steroid dienone is 10. The zero-order valence-electron chi connectivity index (χ0n) is 44.7. The Morgan fingerprint density at radius 1 is 0.358 bits per heavy atom. The van der Waals surface area contributed by atoms with Crippen molar-refractivity contribution in [2.75, 3.05) is 13.2 Å². The van der Waals surface area contributed by atoms with Crippen molar-refractivity contribution in [1.29, 1.82) is 0 Å². The van der Waals surface area contributed by atoms with Crippen LogP contribution in [0, 0.1) is 0 Å². The highest BCUT2D eigenvalue weighted by molar-refractivity contribution is 5.70. The second kappa shape index (κ2) is 57.9. The van der Waals surface area contributed by atoms with Crippen LogP contribution >= 0.6 is 0 Å². The van der Waals surface area contributed by atoms with Crippen LogP contribution < -0.4 is 0 Å². The van der Waals surface area contributed by atoms with Crippen molar-refractivity contribution in [1.82, 2.24) is 0 Å². The van der Waals surface area contributed by atoms with E-state index in [2.05, 4.69) is 74.6 Å². The number of carbonyl (C=O) groups is 2. The molecule has 390 valence electrons. The lowest BCUT2D eigenvalue weighted by Gasteiger charge is -2.15. The Morgan fingerprint density at radius 3 is 0.955 bits per heavy atom. The highest BCUT2D eigenvalue weighted by Crippen LogP contribution is 2.18. The fourth-order valence-electron chi connectivity index (χ4n) is 8.71. The van der Waals surface area contributed by atoms with E-state index in [-0.39, 0.29) is 31.6 Å². The van der Waals surface area contributed by atoms with Crippen LogP contribution in [0.3, 0.4) is 0 Å². The molecule has 0 aromatic heterocycles. The molecule has 67 heavy (non-hydrogen) atoms. The number of aliphatic hydroxyl groups is 1. The molecule has 0 saturated carbocycles. The molecule has 0 amide bonds. The molecule has 5 heteroatoms. The van der Waals surface area contributed by atoms with Gasteiger partial charge in [0, 0.05) is 12.8 Å². The van der Waals surface area contributed by atoms with Crippen molar-refractivity contribution in [3.63, 3.8) is 0 Å². The van der Waals surface area contributed by atoms with Gasteiger partial charge in [-0.3, -0.25) is 9.59 Å². The summed E-state index contributed by atoms with van der Waals surface area (Å²) in [6.45, 7) is 4.01. The molecular weight excluding hydrogens is 825 g/mol. The van der Waals surface area contributed by atoms with E-state index < -0.39 is 6.10 Å². The topological polar surface area (TPSA) is 72.8 Å². The van der Waals surface area contributed by atoms with E-state index in [1.807, 2.05) is 0 Å². The maximum Gasteiger partial charge on any atom is 0.306 e. The van der Waals surface area contributed by atoms with Gasteiger partial charge in [-0.2, -0.15) is 0 Å². The van der Waals surface area contributed by atoms with Crippen LogP contribution in [-0.2, 0) is 19.1 Å². The number of aliphatic hydroxyl groups excluding tert-OH is 1. The van der Waals surface area contributed by atoms with Gasteiger partial charge < -0.3 is 14.6 Å². The summed E-state index contributed by atoms with van der Waals surface area (Å²) in [4.78, 5) is 24.4. The van der Waals surface area contributed by atoms with Gasteiger partial charge in [-0.1, -0.05) is 299 Å². The lowest BCUT2D eigenvalue weighted by Crippen LogP contribution is -2.28. The van der Waals surface area contributed by atoms with Gasteiger partial charge in [-0.25, -0.2) is 0 Å². The van der Waals surface area contributed by atoms with Crippen molar-refractivity contribution in [2.24, 2.45) is 0 Å². The Morgan fingerprint density at radius 2 is 0.642 bits per heavy atom. The Hall–Kier alpha value is -2.40. The first-order chi connectivity index (χ1) is 33.1. The minimum atomic E-state index is -0.803. The summed E-state index contributed by atoms with van der Waals surface area (Å²) in [6.07, 6.45) is 78.1. The molecule has 0 bridgehead atoms. The lowest BCUT2D eigenvalue weighted by atomic mass is 10.0. The van der Waals surface area contributed by atoms with Crippen LogP contribution in [0.2, 0.25) is 0 Å². The molecule has 0 aliphatic rings. The van der Waals surface area contributed by atoms with Crippen molar-refractivity contribution < 1.29 is 24.2 Å². The largest absolute Gasteiger partial charge is 0.462 e. The predicted octanol–water partition coefficient (Wildman–Crippen LogP) is 19.8. The number of hydrogen-bond acceptors (Lipinski definition) is 5. The number of rotatable bonds is 54. The van der Waals surface area contributed by atoms with Gasteiger partial charge in [0.2, 0.25) is 0 Å². The van der Waals surface area contributed by atoms with Crippen molar-refractivity contribution >= 4 is 11.9 Å². The van der Waals surface area contributed by atoms with E-state index >= 15 is 0 Å². The third-order valence-corrected chi connectivity index (χ3v) is 13.1. The van der Waals surface area contributed by atoms with Gasteiger partial charge >= 0.3 is 11.9 Å². The molecule has 0 radical (unpaired) electrons. The van der Waals surface area contributed by atoms with Gasteiger partial charge in [0.25, 0.3) is 0 Å². The predicted molar refractivity (Wildman–Crippen MR) is 293 cm³/mol. The molecule has 1 atom stereocenters. The Balaban J connectivity index is 3.42. The van der Waals surface area contributed by atoms with Gasteiger partial charge in [0.15, 0.2) is 6.10 Å². The molecule has 0 rings (SSSR count). The van der Waals surface area contributed by atoms with E-state index in [1.54, 1.807) is 0 Å². The molecule has 1 unspecified atom stereocenters. The highest BCUT2D eigenvalue weighted by Gasteiger charge is 2.16. The molecule has 0 aromatic carbocycles. The standard InChI is InChI=1S/C62H112O5/c1-3-5-7-9-11-13-15-17-19-21-22-23-24-25-26-27-28-29-30-31-32-33-34-35-36-37-38-39-41-42-44-46-48-50-52-54-56-61(64)66-59-60(58-63)67-62(65)57-55-53-51-49-47-45-43-40-20-18-16-14-12-10-8-6-4-2/h6,8,12,14,18,20,43,45,49,51,60,63H,3-5,7,9-11,13,15-17,19,21-42,44,46-48,50,52-59H2,1-2H3/b8-6-,14-12-,20-18-,45-43-,51-49-. The van der Waals surface area contributed by atoms with E-state index in [9.17, 15) is 14.7 Å². The smallest absolute Gasteiger partial charge is 0.306 e. The van der Waals surface area contributed by atoms with E-state index in [1.165, 1.54) is 212 Å². The second-order valence-corrected chi connectivity index (χ2v) is 19.7. The third kappa shape index (κ3) is 56.1. The Kier molecular flexibility index (Phi) is 55.8. The van der Waals surface area contributed by atoms with Crippen LogP contribution in [0.4, 0.5) is 0 Å². The van der Waals surface area contributed by atoms with E-state index in [4.69, 9.17) is 9.47 Å². The summed E-state index contributed by atoms with van der Waals surface area (Å²) in [7, 11) is 0. The SMILES string of the molecule is CC/C=C\C/C=C\C/C=C\C/C=C\C/C=C\CCCC(=O)OC(CO)COC(=O)CCCCCCCCCCCCCCCCCCCCCCCCCCCCCCCCCCCCCC. The molecule has 5 nitrogen and oxygen atoms in total. The van der Waals surface area contributed by atoms with Crippen molar-refractivity contribution in [2.45, 2.75) is 309 Å². The number of esters is 2. The van der Waals surface area contributed by atoms with E-state index in [0.29, 0.717) is 12.8 Å². The molecular formula is C62H112O5. The summed E-state index contributed by atoms with van der Waals surface area (Å²) in [5.74, 6) is -0.650. The summed E-state index contributed by atoms with van der Waals surface area (Å²) >= 11 is 0. The number of carbonyl (C=O) groups excluding carboxylic acids is 2. The molecule has 0 spiro atoms. The zero-order valence-corrected chi connectivity index (χ0v) is 44.7. The third-order valence-electron chi connectivity index (χ3n) is 13.1. The minimum Gasteiger partial charge on any atom is -0.462 e. The molecule has 0 heterocycles. The number of hydrogen-bond donors (Lipinski definition) is 1. The van der Waals surface area contributed by atoms with Crippen molar-refractivity contribution in [3.05, 3.63) is 60.8 Å². The average Bonchev–Trinajstić information content (AvgIpc) is 3.33. The first-order valence-electron chi connectivity index (χ1n) is 29.3. The van der Waals surface area contributed by atoms with Gasteiger partial charge in [0.05, 0.1) is 6.61 Å². The minimum absolute atomic E-state index is 0.0878. The maximum absolute atomic E-state index is 12.2. The van der Waals surface area contributed by atoms with Crippen LogP contribution in [0.5, 0.6) is 0 Å². The molecule has 0 aromatic rings. The average molecular weight is 938 g/mol. The Labute approximate surface area is 417 Å². The number of ether oxygens (including phenoxy) is 2. The fraction of sp³-hybridized carbons (Fsp3) is 0.806. The van der Waals surface area contributed by atoms with Crippen LogP contribution in [0.1, 0.15) is 303 Å². The normalized spacial score (nSPS) is 12.6. The monoisotopic (exact) mass is 937 g/mol. The molecule has 0 aliphatic heterocycles.